The van der Waals surface area contributed by atoms with Crippen LogP contribution in [0.15, 0.2) is 0 Å². The van der Waals surface area contributed by atoms with Crippen LogP contribution in [0.4, 0.5) is 0 Å². The highest BCUT2D eigenvalue weighted by molar-refractivity contribution is 5.76. The average molecular weight is 182 g/mol. The molecule has 0 saturated heterocycles. The molecule has 4 N–H and O–H groups in total. The minimum absolute atomic E-state index is 0.106. The summed E-state index contributed by atoms with van der Waals surface area (Å²) in [7, 11) is 0. The van der Waals surface area contributed by atoms with Gasteiger partial charge in [-0.2, -0.15) is 0 Å². The van der Waals surface area contributed by atoms with Crippen LogP contribution >= 0.6 is 0 Å². The van der Waals surface area contributed by atoms with Gasteiger partial charge in [0.15, 0.2) is 0 Å². The minimum atomic E-state index is -0.106. The van der Waals surface area contributed by atoms with Crippen LogP contribution in [0.25, 0.3) is 0 Å². The van der Waals surface area contributed by atoms with Crippen molar-refractivity contribution in [3.05, 3.63) is 0 Å². The molecule has 2 unspecified atom stereocenters. The van der Waals surface area contributed by atoms with Gasteiger partial charge in [-0.3, -0.25) is 4.79 Å². The fourth-order valence-electron chi connectivity index (χ4n) is 3.13. The normalized spacial score (nSPS) is 44.4. The van der Waals surface area contributed by atoms with Gasteiger partial charge in [0.25, 0.3) is 0 Å². The quantitative estimate of drug-likeness (QED) is 0.624. The highest BCUT2D eigenvalue weighted by atomic mass is 16.1. The molecule has 2 fully saturated rings. The van der Waals surface area contributed by atoms with Gasteiger partial charge in [0.1, 0.15) is 0 Å². The molecule has 2 bridgehead atoms. The molecular weight excluding hydrogens is 164 g/mol. The van der Waals surface area contributed by atoms with Gasteiger partial charge in [0, 0.05) is 12.0 Å². The average Bonchev–Trinajstić information content (AvgIpc) is 2.01. The van der Waals surface area contributed by atoms with E-state index >= 15 is 0 Å². The molecule has 13 heavy (non-hydrogen) atoms. The van der Waals surface area contributed by atoms with E-state index in [9.17, 15) is 4.79 Å². The summed E-state index contributed by atoms with van der Waals surface area (Å²) in [5.41, 5.74) is 11.3. The van der Waals surface area contributed by atoms with Crippen molar-refractivity contribution in [1.82, 2.24) is 0 Å². The molecule has 0 aromatic heterocycles. The summed E-state index contributed by atoms with van der Waals surface area (Å²) in [4.78, 5) is 11.1. The second-order valence-corrected chi connectivity index (χ2v) is 4.77. The lowest BCUT2D eigenvalue weighted by Crippen LogP contribution is -2.40. The van der Waals surface area contributed by atoms with Gasteiger partial charge >= 0.3 is 0 Å². The maximum Gasteiger partial charge on any atom is 0.220 e. The van der Waals surface area contributed by atoms with E-state index in [0.29, 0.717) is 17.9 Å². The molecule has 2 aliphatic carbocycles. The first-order chi connectivity index (χ1) is 6.15. The van der Waals surface area contributed by atoms with Gasteiger partial charge in [-0.05, 0) is 43.9 Å². The molecule has 0 aromatic rings. The molecule has 3 nitrogen and oxygen atoms in total. The fourth-order valence-corrected chi connectivity index (χ4v) is 3.13. The predicted octanol–water partition coefficient (Wildman–Crippen LogP) is 0.625. The van der Waals surface area contributed by atoms with E-state index in [0.717, 1.165) is 25.7 Å². The van der Waals surface area contributed by atoms with Gasteiger partial charge in [0.05, 0.1) is 0 Å². The summed E-state index contributed by atoms with van der Waals surface area (Å²) < 4.78 is 0. The third kappa shape index (κ3) is 1.85. The van der Waals surface area contributed by atoms with Gasteiger partial charge in [-0.25, -0.2) is 0 Å². The van der Waals surface area contributed by atoms with Gasteiger partial charge in [-0.1, -0.05) is 0 Å². The summed E-state index contributed by atoms with van der Waals surface area (Å²) in [6.45, 7) is 0. The topological polar surface area (TPSA) is 69.1 Å². The van der Waals surface area contributed by atoms with Crippen molar-refractivity contribution in [3.8, 4) is 0 Å². The molecule has 0 heterocycles. The summed E-state index contributed by atoms with van der Waals surface area (Å²) in [6.07, 6.45) is 5.44. The number of hydrogen-bond acceptors (Lipinski definition) is 2. The number of primary amides is 1. The first-order valence-corrected chi connectivity index (χ1v) is 5.20. The molecule has 2 rings (SSSR count). The lowest BCUT2D eigenvalue weighted by atomic mass is 9.66. The molecule has 4 atom stereocenters. The van der Waals surface area contributed by atoms with E-state index in [1.165, 1.54) is 6.42 Å². The van der Waals surface area contributed by atoms with E-state index in [1.54, 1.807) is 0 Å². The SMILES string of the molecule is NC(=O)C1C[C@H]2CC(N)C[C@@H](C1)C2. The molecule has 2 aliphatic rings. The van der Waals surface area contributed by atoms with Crippen molar-refractivity contribution in [2.24, 2.45) is 29.2 Å². The second kappa shape index (κ2) is 3.29. The van der Waals surface area contributed by atoms with E-state index in [-0.39, 0.29) is 11.8 Å². The number of carbonyl (C=O) groups is 1. The summed E-state index contributed by atoms with van der Waals surface area (Å²) >= 11 is 0. The Hall–Kier alpha value is -0.570. The maximum atomic E-state index is 11.1. The van der Waals surface area contributed by atoms with Gasteiger partial charge in [-0.15, -0.1) is 0 Å². The summed E-state index contributed by atoms with van der Waals surface area (Å²) in [5, 5.41) is 0. The Kier molecular flexibility index (Phi) is 2.28. The molecule has 0 spiro atoms. The van der Waals surface area contributed by atoms with E-state index in [2.05, 4.69) is 0 Å². The smallest absolute Gasteiger partial charge is 0.220 e. The van der Waals surface area contributed by atoms with Crippen LogP contribution in [0.3, 0.4) is 0 Å². The zero-order valence-corrected chi connectivity index (χ0v) is 7.91. The Morgan fingerprint density at radius 2 is 1.54 bits per heavy atom. The van der Waals surface area contributed by atoms with Crippen molar-refractivity contribution in [3.63, 3.8) is 0 Å². The van der Waals surface area contributed by atoms with Crippen LogP contribution in [0.5, 0.6) is 0 Å². The van der Waals surface area contributed by atoms with Crippen molar-refractivity contribution in [2.45, 2.75) is 38.1 Å². The molecule has 2 saturated carbocycles. The van der Waals surface area contributed by atoms with Crippen LogP contribution in [0, 0.1) is 17.8 Å². The zero-order chi connectivity index (χ0) is 9.42. The number of carbonyl (C=O) groups excluding carboxylic acids is 1. The number of amides is 1. The Morgan fingerprint density at radius 3 is 2.00 bits per heavy atom. The number of rotatable bonds is 1. The Balaban J connectivity index is 2.01. The molecule has 1 amide bonds. The molecule has 74 valence electrons. The Bertz CT molecular complexity index is 199. The maximum absolute atomic E-state index is 11.1. The number of hydrogen-bond donors (Lipinski definition) is 2. The van der Waals surface area contributed by atoms with Crippen LogP contribution < -0.4 is 11.5 Å². The van der Waals surface area contributed by atoms with Crippen LogP contribution in [0.2, 0.25) is 0 Å². The zero-order valence-electron chi connectivity index (χ0n) is 7.91. The molecule has 0 aromatic carbocycles. The molecule has 0 radical (unpaired) electrons. The van der Waals surface area contributed by atoms with Gasteiger partial charge < -0.3 is 11.5 Å². The van der Waals surface area contributed by atoms with Crippen molar-refractivity contribution in [2.75, 3.05) is 0 Å². The van der Waals surface area contributed by atoms with E-state index in [4.69, 9.17) is 11.5 Å². The molecule has 0 aliphatic heterocycles. The summed E-state index contributed by atoms with van der Waals surface area (Å²) in [6, 6.07) is 0.373. The number of fused-ring (bicyclic) bond motifs is 2. The van der Waals surface area contributed by atoms with E-state index in [1.807, 2.05) is 0 Å². The molecular formula is C10H18N2O. The van der Waals surface area contributed by atoms with Crippen molar-refractivity contribution >= 4 is 5.91 Å². The number of nitrogens with two attached hydrogens (primary N) is 2. The second-order valence-electron chi connectivity index (χ2n) is 4.77. The largest absolute Gasteiger partial charge is 0.369 e. The van der Waals surface area contributed by atoms with Crippen molar-refractivity contribution in [1.29, 1.82) is 0 Å². The predicted molar refractivity (Wildman–Crippen MR) is 50.7 cm³/mol. The standard InChI is InChI=1S/C10H18N2O/c11-9-4-6-1-7(5-9)3-8(2-6)10(12)13/h6-9H,1-5,11H2,(H2,12,13)/t6-,7+,8?,9?. The van der Waals surface area contributed by atoms with Crippen LogP contribution in [-0.2, 0) is 4.79 Å². The Labute approximate surface area is 78.9 Å². The van der Waals surface area contributed by atoms with Crippen LogP contribution in [-0.4, -0.2) is 11.9 Å². The highest BCUT2D eigenvalue weighted by Gasteiger charge is 2.36. The lowest BCUT2D eigenvalue weighted by molar-refractivity contribution is -0.124. The first kappa shape index (κ1) is 9.00. The Morgan fingerprint density at radius 1 is 1.00 bits per heavy atom. The van der Waals surface area contributed by atoms with E-state index < -0.39 is 0 Å². The monoisotopic (exact) mass is 182 g/mol. The molecule has 3 heteroatoms. The third-order valence-electron chi connectivity index (χ3n) is 3.58. The summed E-state index contributed by atoms with van der Waals surface area (Å²) in [5.74, 6) is 1.36. The van der Waals surface area contributed by atoms with Crippen LogP contribution in [0.1, 0.15) is 32.1 Å². The first-order valence-electron chi connectivity index (χ1n) is 5.20. The lowest BCUT2D eigenvalue weighted by Gasteiger charge is -2.40. The van der Waals surface area contributed by atoms with Crippen molar-refractivity contribution < 1.29 is 4.79 Å². The fraction of sp³-hybridized carbons (Fsp3) is 0.900. The third-order valence-corrected chi connectivity index (χ3v) is 3.58. The van der Waals surface area contributed by atoms with Gasteiger partial charge in [0.2, 0.25) is 5.91 Å². The highest BCUT2D eigenvalue weighted by Crippen LogP contribution is 2.41. The minimum Gasteiger partial charge on any atom is -0.369 e.